The Hall–Kier alpha value is -0.330. The number of amides is 1. The molecule has 19 heavy (non-hydrogen) atoms. The van der Waals surface area contributed by atoms with Crippen LogP contribution in [0.25, 0.3) is 0 Å². The molecule has 106 valence electrons. The number of halogens is 2. The van der Waals surface area contributed by atoms with Crippen LogP contribution < -0.4 is 10.6 Å². The van der Waals surface area contributed by atoms with Gasteiger partial charge in [-0.25, -0.2) is 0 Å². The van der Waals surface area contributed by atoms with E-state index in [1.807, 2.05) is 25.1 Å². The fraction of sp³-hybridized carbons (Fsp3) is 0.500. The average molecular weight is 395 g/mol. The van der Waals surface area contributed by atoms with Crippen molar-refractivity contribution in [3.63, 3.8) is 0 Å². The van der Waals surface area contributed by atoms with Gasteiger partial charge in [0.25, 0.3) is 5.91 Å². The Kier molecular flexibility index (Phi) is 6.56. The van der Waals surface area contributed by atoms with Crippen molar-refractivity contribution in [3.8, 4) is 0 Å². The maximum atomic E-state index is 12.3. The summed E-state index contributed by atoms with van der Waals surface area (Å²) in [6.45, 7) is 6.18. The van der Waals surface area contributed by atoms with Crippen LogP contribution in [0.5, 0.6) is 0 Å². The van der Waals surface area contributed by atoms with Crippen molar-refractivity contribution in [2.24, 2.45) is 5.92 Å². The van der Waals surface area contributed by atoms with Crippen LogP contribution >= 0.6 is 35.0 Å². The summed E-state index contributed by atoms with van der Waals surface area (Å²) < 4.78 is 1.05. The van der Waals surface area contributed by atoms with E-state index in [-0.39, 0.29) is 24.4 Å². The molecule has 0 radical (unpaired) electrons. The molecule has 0 aliphatic carbocycles. The summed E-state index contributed by atoms with van der Waals surface area (Å²) in [4.78, 5) is 12.3. The van der Waals surface area contributed by atoms with Gasteiger partial charge in [0.15, 0.2) is 0 Å². The monoisotopic (exact) mass is 394 g/mol. The zero-order chi connectivity index (χ0) is 13.1. The highest BCUT2D eigenvalue weighted by Crippen LogP contribution is 2.18. The molecule has 0 spiro atoms. The Labute approximate surface area is 134 Å². The lowest BCUT2D eigenvalue weighted by Crippen LogP contribution is -2.48. The summed E-state index contributed by atoms with van der Waals surface area (Å²) in [5.41, 5.74) is 1.95. The lowest BCUT2D eigenvalue weighted by atomic mass is 9.95. The Balaban J connectivity index is 0.00000180. The SMILES string of the molecule is Cc1cccc(C(=O)NC2CCNCC2C)c1I.Cl. The maximum Gasteiger partial charge on any atom is 0.252 e. The first-order valence-corrected chi connectivity index (χ1v) is 7.44. The van der Waals surface area contributed by atoms with E-state index in [1.54, 1.807) is 0 Å². The van der Waals surface area contributed by atoms with Crippen LogP contribution in [0.15, 0.2) is 18.2 Å². The minimum absolute atomic E-state index is 0. The van der Waals surface area contributed by atoms with Crippen LogP contribution in [-0.2, 0) is 0 Å². The number of aryl methyl sites for hydroxylation is 1. The zero-order valence-electron chi connectivity index (χ0n) is 11.2. The van der Waals surface area contributed by atoms with Crippen LogP contribution in [0.2, 0.25) is 0 Å². The van der Waals surface area contributed by atoms with E-state index in [0.717, 1.165) is 34.2 Å². The van der Waals surface area contributed by atoms with Gasteiger partial charge in [-0.05, 0) is 66.6 Å². The van der Waals surface area contributed by atoms with Gasteiger partial charge in [0.2, 0.25) is 0 Å². The van der Waals surface area contributed by atoms with E-state index in [0.29, 0.717) is 5.92 Å². The van der Waals surface area contributed by atoms with Crippen molar-refractivity contribution in [1.29, 1.82) is 0 Å². The van der Waals surface area contributed by atoms with E-state index < -0.39 is 0 Å². The first-order chi connectivity index (χ1) is 8.59. The number of piperidine rings is 1. The first-order valence-electron chi connectivity index (χ1n) is 6.36. The van der Waals surface area contributed by atoms with Crippen molar-refractivity contribution in [1.82, 2.24) is 10.6 Å². The van der Waals surface area contributed by atoms with Crippen LogP contribution in [-0.4, -0.2) is 25.0 Å². The van der Waals surface area contributed by atoms with E-state index in [4.69, 9.17) is 0 Å². The van der Waals surface area contributed by atoms with E-state index in [1.165, 1.54) is 0 Å². The molecule has 1 saturated heterocycles. The van der Waals surface area contributed by atoms with Crippen LogP contribution in [0.1, 0.15) is 29.3 Å². The van der Waals surface area contributed by atoms with Gasteiger partial charge in [-0.15, -0.1) is 12.4 Å². The molecular weight excluding hydrogens is 375 g/mol. The Morgan fingerprint density at radius 2 is 2.21 bits per heavy atom. The summed E-state index contributed by atoms with van der Waals surface area (Å²) >= 11 is 2.25. The molecule has 1 aliphatic rings. The third-order valence-electron chi connectivity index (χ3n) is 3.54. The molecule has 3 nitrogen and oxygen atoms in total. The zero-order valence-corrected chi connectivity index (χ0v) is 14.2. The molecule has 5 heteroatoms. The van der Waals surface area contributed by atoms with Gasteiger partial charge in [-0.1, -0.05) is 19.1 Å². The predicted molar refractivity (Wildman–Crippen MR) is 89.0 cm³/mol. The number of nitrogens with one attached hydrogen (secondary N) is 2. The fourth-order valence-electron chi connectivity index (χ4n) is 2.30. The minimum Gasteiger partial charge on any atom is -0.349 e. The smallest absolute Gasteiger partial charge is 0.252 e. The van der Waals surface area contributed by atoms with Crippen LogP contribution in [0.4, 0.5) is 0 Å². The van der Waals surface area contributed by atoms with Crippen molar-refractivity contribution in [3.05, 3.63) is 32.9 Å². The summed E-state index contributed by atoms with van der Waals surface area (Å²) in [6.07, 6.45) is 1.01. The molecule has 2 N–H and O–H groups in total. The molecule has 1 aliphatic heterocycles. The number of benzene rings is 1. The van der Waals surface area contributed by atoms with Crippen LogP contribution in [0.3, 0.4) is 0 Å². The molecule has 2 rings (SSSR count). The molecule has 1 aromatic rings. The normalized spacial score (nSPS) is 22.5. The fourth-order valence-corrected chi connectivity index (χ4v) is 2.90. The largest absolute Gasteiger partial charge is 0.349 e. The predicted octanol–water partition coefficient (Wildman–Crippen LogP) is 2.75. The lowest BCUT2D eigenvalue weighted by Gasteiger charge is -2.30. The molecule has 0 aromatic heterocycles. The van der Waals surface area contributed by atoms with E-state index >= 15 is 0 Å². The van der Waals surface area contributed by atoms with Gasteiger partial charge in [-0.2, -0.15) is 0 Å². The minimum atomic E-state index is 0. The standard InChI is InChI=1S/C14H19IN2O.ClH/c1-9-4-3-5-11(13(9)15)14(18)17-12-6-7-16-8-10(12)2;/h3-5,10,12,16H,6-8H2,1-2H3,(H,17,18);1H. The van der Waals surface area contributed by atoms with Crippen molar-refractivity contribution in [2.75, 3.05) is 13.1 Å². The maximum absolute atomic E-state index is 12.3. The van der Waals surface area contributed by atoms with E-state index in [9.17, 15) is 4.79 Å². The van der Waals surface area contributed by atoms with Gasteiger partial charge in [-0.3, -0.25) is 4.79 Å². The Morgan fingerprint density at radius 1 is 1.47 bits per heavy atom. The first kappa shape index (κ1) is 16.7. The Morgan fingerprint density at radius 3 is 2.89 bits per heavy atom. The summed E-state index contributed by atoms with van der Waals surface area (Å²) in [7, 11) is 0. The quantitative estimate of drug-likeness (QED) is 0.757. The highest BCUT2D eigenvalue weighted by Gasteiger charge is 2.23. The molecule has 2 atom stereocenters. The lowest BCUT2D eigenvalue weighted by molar-refractivity contribution is 0.0913. The average Bonchev–Trinajstić information content (AvgIpc) is 2.35. The van der Waals surface area contributed by atoms with Crippen molar-refractivity contribution >= 4 is 40.9 Å². The third kappa shape index (κ3) is 4.07. The number of hydrogen-bond acceptors (Lipinski definition) is 2. The molecule has 0 bridgehead atoms. The van der Waals surface area contributed by atoms with Crippen molar-refractivity contribution in [2.45, 2.75) is 26.3 Å². The molecule has 1 amide bonds. The van der Waals surface area contributed by atoms with Crippen molar-refractivity contribution < 1.29 is 4.79 Å². The molecular formula is C14H20ClIN2O. The highest BCUT2D eigenvalue weighted by atomic mass is 127. The van der Waals surface area contributed by atoms with Gasteiger partial charge in [0.1, 0.15) is 0 Å². The second-order valence-electron chi connectivity index (χ2n) is 4.99. The second kappa shape index (κ2) is 7.45. The summed E-state index contributed by atoms with van der Waals surface area (Å²) in [5, 5.41) is 6.51. The molecule has 2 unspecified atom stereocenters. The Bertz CT molecular complexity index is 453. The molecule has 1 heterocycles. The van der Waals surface area contributed by atoms with Gasteiger partial charge >= 0.3 is 0 Å². The van der Waals surface area contributed by atoms with E-state index in [2.05, 4.69) is 40.1 Å². The molecule has 1 fully saturated rings. The second-order valence-corrected chi connectivity index (χ2v) is 6.07. The van der Waals surface area contributed by atoms with Gasteiger partial charge in [0.05, 0.1) is 5.56 Å². The molecule has 1 aromatic carbocycles. The van der Waals surface area contributed by atoms with Gasteiger partial charge < -0.3 is 10.6 Å². The number of carbonyl (C=O) groups is 1. The van der Waals surface area contributed by atoms with Crippen LogP contribution in [0, 0.1) is 16.4 Å². The highest BCUT2D eigenvalue weighted by molar-refractivity contribution is 14.1. The van der Waals surface area contributed by atoms with Gasteiger partial charge in [0, 0.05) is 9.61 Å². The third-order valence-corrected chi connectivity index (χ3v) is 4.97. The molecule has 0 saturated carbocycles. The number of carbonyl (C=O) groups excluding carboxylic acids is 1. The summed E-state index contributed by atoms with van der Waals surface area (Å²) in [6, 6.07) is 6.16. The topological polar surface area (TPSA) is 41.1 Å². The number of hydrogen-bond donors (Lipinski definition) is 2. The summed E-state index contributed by atoms with van der Waals surface area (Å²) in [5.74, 6) is 0.548. The number of rotatable bonds is 2.